The highest BCUT2D eigenvalue weighted by Gasteiger charge is 2.26. The van der Waals surface area contributed by atoms with E-state index in [1.807, 2.05) is 30.0 Å². The number of fused-ring (bicyclic) bond motifs is 1. The van der Waals surface area contributed by atoms with Gasteiger partial charge in [-0.1, -0.05) is 0 Å². The van der Waals surface area contributed by atoms with Crippen LogP contribution in [0.5, 0.6) is 0 Å². The second-order valence-electron chi connectivity index (χ2n) is 7.02. The predicted octanol–water partition coefficient (Wildman–Crippen LogP) is 2.93. The topological polar surface area (TPSA) is 45.7 Å². The van der Waals surface area contributed by atoms with E-state index >= 15 is 0 Å². The molecule has 0 unspecified atom stereocenters. The molecule has 2 aromatic rings. The van der Waals surface area contributed by atoms with Gasteiger partial charge < -0.3 is 14.5 Å². The zero-order valence-corrected chi connectivity index (χ0v) is 15.6. The molecule has 0 spiro atoms. The standard InChI is InChI=1S/C19H25N3O2S/c1-14-20-17-11-15(5-6-18(17)25-14)19(23)22-9-4-10-24-16(13-22)12-21-7-2-3-8-21/h5-6,11,16H,2-4,7-10,12-13H2,1H3/t16-/m0/s1. The van der Waals surface area contributed by atoms with E-state index in [2.05, 4.69) is 9.88 Å². The van der Waals surface area contributed by atoms with Crippen LogP contribution in [0, 0.1) is 6.92 Å². The number of amides is 1. The van der Waals surface area contributed by atoms with E-state index < -0.39 is 0 Å². The number of carbonyl (C=O) groups is 1. The summed E-state index contributed by atoms with van der Waals surface area (Å²) in [5.41, 5.74) is 1.66. The number of hydrogen-bond donors (Lipinski definition) is 0. The van der Waals surface area contributed by atoms with Crippen molar-refractivity contribution in [1.82, 2.24) is 14.8 Å². The zero-order chi connectivity index (χ0) is 17.2. The Balaban J connectivity index is 1.48. The molecule has 3 heterocycles. The van der Waals surface area contributed by atoms with E-state index in [4.69, 9.17) is 4.74 Å². The van der Waals surface area contributed by atoms with Gasteiger partial charge in [0.25, 0.3) is 5.91 Å². The van der Waals surface area contributed by atoms with Crippen LogP contribution in [0.25, 0.3) is 10.2 Å². The molecule has 0 aliphatic carbocycles. The number of likely N-dealkylation sites (tertiary alicyclic amines) is 1. The molecule has 2 aliphatic rings. The number of thiazole rings is 1. The molecule has 0 radical (unpaired) electrons. The molecule has 6 heteroatoms. The molecule has 4 rings (SSSR count). The van der Waals surface area contributed by atoms with Crippen LogP contribution in [0.2, 0.25) is 0 Å². The average molecular weight is 359 g/mol. The Morgan fingerprint density at radius 3 is 2.96 bits per heavy atom. The van der Waals surface area contributed by atoms with Crippen LogP contribution in [-0.2, 0) is 4.74 Å². The van der Waals surface area contributed by atoms with E-state index in [-0.39, 0.29) is 12.0 Å². The summed E-state index contributed by atoms with van der Waals surface area (Å²) >= 11 is 1.67. The first kappa shape index (κ1) is 16.9. The molecular weight excluding hydrogens is 334 g/mol. The van der Waals surface area contributed by atoms with Crippen LogP contribution >= 0.6 is 11.3 Å². The van der Waals surface area contributed by atoms with Gasteiger partial charge >= 0.3 is 0 Å². The highest BCUT2D eigenvalue weighted by molar-refractivity contribution is 7.18. The highest BCUT2D eigenvalue weighted by atomic mass is 32.1. The summed E-state index contributed by atoms with van der Waals surface area (Å²) in [5, 5.41) is 1.04. The van der Waals surface area contributed by atoms with Gasteiger partial charge in [-0.3, -0.25) is 4.79 Å². The summed E-state index contributed by atoms with van der Waals surface area (Å²) in [5.74, 6) is 0.101. The lowest BCUT2D eigenvalue weighted by Crippen LogP contribution is -2.41. The van der Waals surface area contributed by atoms with E-state index in [1.54, 1.807) is 11.3 Å². The van der Waals surface area contributed by atoms with Crippen molar-refractivity contribution >= 4 is 27.5 Å². The number of rotatable bonds is 3. The maximum absolute atomic E-state index is 13.0. The Bertz CT molecular complexity index is 754. The minimum absolute atomic E-state index is 0.101. The first-order chi connectivity index (χ1) is 12.2. The molecule has 0 saturated carbocycles. The Labute approximate surface area is 152 Å². The number of benzene rings is 1. The maximum Gasteiger partial charge on any atom is 0.254 e. The lowest BCUT2D eigenvalue weighted by molar-refractivity contribution is 0.0297. The normalized spacial score (nSPS) is 22.4. The van der Waals surface area contributed by atoms with Gasteiger partial charge in [0.1, 0.15) is 0 Å². The molecular formula is C19H25N3O2S. The summed E-state index contributed by atoms with van der Waals surface area (Å²) in [6.07, 6.45) is 3.58. The smallest absolute Gasteiger partial charge is 0.254 e. The van der Waals surface area contributed by atoms with E-state index in [0.29, 0.717) is 6.54 Å². The molecule has 2 fully saturated rings. The number of ether oxygens (including phenoxy) is 1. The summed E-state index contributed by atoms with van der Waals surface area (Å²) in [4.78, 5) is 22.0. The number of aryl methyl sites for hydroxylation is 1. The Morgan fingerprint density at radius 1 is 1.28 bits per heavy atom. The number of aromatic nitrogens is 1. The van der Waals surface area contributed by atoms with Gasteiger partial charge in [0, 0.05) is 31.8 Å². The first-order valence-corrected chi connectivity index (χ1v) is 10.0. The SMILES string of the molecule is Cc1nc2cc(C(=O)N3CCCO[C@@H](CN4CCCC4)C3)ccc2s1. The van der Waals surface area contributed by atoms with E-state index in [1.165, 1.54) is 12.8 Å². The molecule has 1 aromatic heterocycles. The zero-order valence-electron chi connectivity index (χ0n) is 14.7. The van der Waals surface area contributed by atoms with Crippen molar-refractivity contribution in [3.8, 4) is 0 Å². The van der Waals surface area contributed by atoms with Gasteiger partial charge in [0.2, 0.25) is 0 Å². The maximum atomic E-state index is 13.0. The van der Waals surface area contributed by atoms with Crippen LogP contribution in [-0.4, -0.2) is 66.1 Å². The predicted molar refractivity (Wildman–Crippen MR) is 100 cm³/mol. The second-order valence-corrected chi connectivity index (χ2v) is 8.26. The van der Waals surface area contributed by atoms with Crippen LogP contribution < -0.4 is 0 Å². The van der Waals surface area contributed by atoms with Crippen molar-refractivity contribution in [3.05, 3.63) is 28.8 Å². The van der Waals surface area contributed by atoms with Gasteiger partial charge in [-0.25, -0.2) is 4.98 Å². The minimum atomic E-state index is 0.101. The molecule has 2 aliphatic heterocycles. The third-order valence-electron chi connectivity index (χ3n) is 5.04. The van der Waals surface area contributed by atoms with Crippen LogP contribution in [0.3, 0.4) is 0 Å². The van der Waals surface area contributed by atoms with Crippen molar-refractivity contribution < 1.29 is 9.53 Å². The van der Waals surface area contributed by atoms with Gasteiger partial charge in [-0.2, -0.15) is 0 Å². The molecule has 2 saturated heterocycles. The van der Waals surface area contributed by atoms with Crippen molar-refractivity contribution in [2.75, 3.05) is 39.3 Å². The van der Waals surface area contributed by atoms with Gasteiger partial charge in [-0.05, 0) is 57.5 Å². The van der Waals surface area contributed by atoms with Crippen LogP contribution in [0.1, 0.15) is 34.6 Å². The van der Waals surface area contributed by atoms with Gasteiger partial charge in [0.05, 0.1) is 21.3 Å². The van der Waals surface area contributed by atoms with Crippen molar-refractivity contribution in [1.29, 1.82) is 0 Å². The fraction of sp³-hybridized carbons (Fsp3) is 0.579. The Hall–Kier alpha value is -1.50. The third kappa shape index (κ3) is 3.86. The largest absolute Gasteiger partial charge is 0.375 e. The summed E-state index contributed by atoms with van der Waals surface area (Å²) in [6, 6.07) is 5.88. The molecule has 1 aromatic carbocycles. The second kappa shape index (κ2) is 7.40. The fourth-order valence-electron chi connectivity index (χ4n) is 3.80. The molecule has 1 amide bonds. The lowest BCUT2D eigenvalue weighted by atomic mass is 10.1. The number of carbonyl (C=O) groups excluding carboxylic acids is 1. The van der Waals surface area contributed by atoms with E-state index in [9.17, 15) is 4.79 Å². The molecule has 1 atom stereocenters. The quantitative estimate of drug-likeness (QED) is 0.845. The van der Waals surface area contributed by atoms with Crippen LogP contribution in [0.15, 0.2) is 18.2 Å². The lowest BCUT2D eigenvalue weighted by Gasteiger charge is -2.27. The summed E-state index contributed by atoms with van der Waals surface area (Å²) in [6.45, 7) is 7.45. The number of hydrogen-bond acceptors (Lipinski definition) is 5. The van der Waals surface area contributed by atoms with E-state index in [0.717, 1.165) is 60.0 Å². The molecule has 134 valence electrons. The fourth-order valence-corrected chi connectivity index (χ4v) is 4.61. The van der Waals surface area contributed by atoms with Gasteiger partial charge in [-0.15, -0.1) is 11.3 Å². The molecule has 0 N–H and O–H groups in total. The molecule has 0 bridgehead atoms. The summed E-state index contributed by atoms with van der Waals surface area (Å²) < 4.78 is 7.15. The third-order valence-corrected chi connectivity index (χ3v) is 5.99. The molecule has 25 heavy (non-hydrogen) atoms. The van der Waals surface area contributed by atoms with Crippen molar-refractivity contribution in [2.24, 2.45) is 0 Å². The number of nitrogens with zero attached hydrogens (tertiary/aromatic N) is 3. The average Bonchev–Trinajstić information content (AvgIpc) is 3.17. The van der Waals surface area contributed by atoms with Crippen LogP contribution in [0.4, 0.5) is 0 Å². The summed E-state index contributed by atoms with van der Waals surface area (Å²) in [7, 11) is 0. The monoisotopic (exact) mass is 359 g/mol. The Morgan fingerprint density at radius 2 is 2.12 bits per heavy atom. The Kier molecular flexibility index (Phi) is 5.01. The van der Waals surface area contributed by atoms with Crippen molar-refractivity contribution in [3.63, 3.8) is 0 Å². The first-order valence-electron chi connectivity index (χ1n) is 9.19. The minimum Gasteiger partial charge on any atom is -0.375 e. The highest BCUT2D eigenvalue weighted by Crippen LogP contribution is 2.23. The van der Waals surface area contributed by atoms with Gasteiger partial charge in [0.15, 0.2) is 0 Å². The van der Waals surface area contributed by atoms with Crippen molar-refractivity contribution in [2.45, 2.75) is 32.3 Å². The molecule has 5 nitrogen and oxygen atoms in total.